The normalized spacial score (nSPS) is 16.0. The van der Waals surface area contributed by atoms with Crippen molar-refractivity contribution in [1.82, 2.24) is 14.9 Å². The number of benzene rings is 1. The molecule has 1 aromatic heterocycles. The van der Waals surface area contributed by atoms with Gasteiger partial charge in [-0.1, -0.05) is 30.3 Å². The maximum atomic E-state index is 11.9. The van der Waals surface area contributed by atoms with Crippen molar-refractivity contribution in [3.8, 4) is 0 Å². The first-order chi connectivity index (χ1) is 9.28. The third kappa shape index (κ3) is 2.67. The summed E-state index contributed by atoms with van der Waals surface area (Å²) in [6.07, 6.45) is 7.44. The van der Waals surface area contributed by atoms with Crippen molar-refractivity contribution in [2.75, 3.05) is 6.54 Å². The van der Waals surface area contributed by atoms with Crippen molar-refractivity contribution in [1.29, 1.82) is 0 Å². The summed E-state index contributed by atoms with van der Waals surface area (Å²) in [5, 5.41) is 3.03. The molecule has 1 fully saturated rings. The van der Waals surface area contributed by atoms with Crippen molar-refractivity contribution in [2.45, 2.75) is 24.8 Å². The van der Waals surface area contributed by atoms with Gasteiger partial charge < -0.3 is 9.88 Å². The summed E-state index contributed by atoms with van der Waals surface area (Å²) in [6, 6.07) is 10.4. The average molecular weight is 255 g/mol. The minimum atomic E-state index is 0.0419. The fourth-order valence-electron chi connectivity index (χ4n) is 2.38. The van der Waals surface area contributed by atoms with E-state index in [1.165, 1.54) is 5.56 Å². The number of nitrogens with one attached hydrogen (secondary N) is 1. The van der Waals surface area contributed by atoms with Crippen LogP contribution in [0, 0.1) is 0 Å². The van der Waals surface area contributed by atoms with Gasteiger partial charge in [0.15, 0.2) is 0 Å². The third-order valence-electron chi connectivity index (χ3n) is 3.75. The van der Waals surface area contributed by atoms with Gasteiger partial charge in [0, 0.05) is 24.4 Å². The number of carbonyl (C=O) groups is 1. The second kappa shape index (κ2) is 4.88. The number of rotatable bonds is 5. The molecule has 4 nitrogen and oxygen atoms in total. The highest BCUT2D eigenvalue weighted by atomic mass is 16.1. The highest BCUT2D eigenvalue weighted by Crippen LogP contribution is 2.47. The van der Waals surface area contributed by atoms with E-state index in [1.54, 1.807) is 23.3 Å². The predicted molar refractivity (Wildman–Crippen MR) is 72.6 cm³/mol. The topological polar surface area (TPSA) is 46.9 Å². The van der Waals surface area contributed by atoms with Gasteiger partial charge >= 0.3 is 0 Å². The average Bonchev–Trinajstić information content (AvgIpc) is 3.08. The SMILES string of the molecule is O=C(Cn1ccnc1)NCC1(c2ccccc2)CC1. The lowest BCUT2D eigenvalue weighted by molar-refractivity contribution is -0.121. The van der Waals surface area contributed by atoms with Crippen LogP contribution in [0.5, 0.6) is 0 Å². The van der Waals surface area contributed by atoms with Crippen molar-refractivity contribution >= 4 is 5.91 Å². The molecule has 0 spiro atoms. The van der Waals surface area contributed by atoms with Gasteiger partial charge in [-0.2, -0.15) is 0 Å². The molecule has 0 aliphatic heterocycles. The first-order valence-electron chi connectivity index (χ1n) is 6.56. The van der Waals surface area contributed by atoms with Gasteiger partial charge in [0.25, 0.3) is 0 Å². The second-order valence-corrected chi connectivity index (χ2v) is 5.16. The van der Waals surface area contributed by atoms with Gasteiger partial charge in [0.05, 0.1) is 6.33 Å². The summed E-state index contributed by atoms with van der Waals surface area (Å²) < 4.78 is 1.78. The van der Waals surface area contributed by atoms with E-state index in [1.807, 2.05) is 6.07 Å². The second-order valence-electron chi connectivity index (χ2n) is 5.16. The molecule has 0 bridgehead atoms. The molecule has 98 valence electrons. The smallest absolute Gasteiger partial charge is 0.240 e. The Bertz CT molecular complexity index is 544. The standard InChI is InChI=1S/C15H17N3O/c19-14(10-18-9-8-16-12-18)17-11-15(6-7-15)13-4-2-1-3-5-13/h1-5,8-9,12H,6-7,10-11H2,(H,17,19). The number of aromatic nitrogens is 2. The van der Waals surface area contributed by atoms with E-state index < -0.39 is 0 Å². The van der Waals surface area contributed by atoms with E-state index in [-0.39, 0.29) is 11.3 Å². The lowest BCUT2D eigenvalue weighted by Gasteiger charge is -2.16. The highest BCUT2D eigenvalue weighted by molar-refractivity contribution is 5.75. The molecule has 19 heavy (non-hydrogen) atoms. The zero-order valence-corrected chi connectivity index (χ0v) is 10.7. The molecule has 1 amide bonds. The Morgan fingerprint density at radius 3 is 2.74 bits per heavy atom. The Kier molecular flexibility index (Phi) is 3.07. The van der Waals surface area contributed by atoms with Gasteiger partial charge in [0.2, 0.25) is 5.91 Å². The Hall–Kier alpha value is -2.10. The van der Waals surface area contributed by atoms with Gasteiger partial charge in [0.1, 0.15) is 6.54 Å². The summed E-state index contributed by atoms with van der Waals surface area (Å²) in [5.41, 5.74) is 1.50. The minimum Gasteiger partial charge on any atom is -0.354 e. The molecule has 0 radical (unpaired) electrons. The minimum absolute atomic E-state index is 0.0419. The Balaban J connectivity index is 1.56. The van der Waals surface area contributed by atoms with Crippen LogP contribution in [0.3, 0.4) is 0 Å². The van der Waals surface area contributed by atoms with Crippen molar-refractivity contribution in [3.63, 3.8) is 0 Å². The quantitative estimate of drug-likeness (QED) is 0.884. The maximum absolute atomic E-state index is 11.9. The molecule has 3 rings (SSSR count). The van der Waals surface area contributed by atoms with E-state index in [0.29, 0.717) is 6.54 Å². The fraction of sp³-hybridized carbons (Fsp3) is 0.333. The van der Waals surface area contributed by atoms with Crippen LogP contribution >= 0.6 is 0 Å². The van der Waals surface area contributed by atoms with Crippen LogP contribution < -0.4 is 5.32 Å². The summed E-state index contributed by atoms with van der Waals surface area (Å²) in [4.78, 5) is 15.8. The molecule has 0 unspecified atom stereocenters. The third-order valence-corrected chi connectivity index (χ3v) is 3.75. The van der Waals surface area contributed by atoms with Crippen molar-refractivity contribution in [2.24, 2.45) is 0 Å². The van der Waals surface area contributed by atoms with E-state index in [2.05, 4.69) is 34.6 Å². The number of carbonyl (C=O) groups excluding carboxylic acids is 1. The summed E-state index contributed by atoms with van der Waals surface area (Å²) in [7, 11) is 0. The first-order valence-corrected chi connectivity index (χ1v) is 6.56. The van der Waals surface area contributed by atoms with Gasteiger partial charge in [-0.15, -0.1) is 0 Å². The van der Waals surface area contributed by atoms with E-state index in [0.717, 1.165) is 19.4 Å². The highest BCUT2D eigenvalue weighted by Gasteiger charge is 2.44. The van der Waals surface area contributed by atoms with Crippen LogP contribution in [0.15, 0.2) is 49.1 Å². The maximum Gasteiger partial charge on any atom is 0.240 e. The van der Waals surface area contributed by atoms with E-state index >= 15 is 0 Å². The molecule has 2 aromatic rings. The van der Waals surface area contributed by atoms with Crippen LogP contribution in [-0.4, -0.2) is 22.0 Å². The Morgan fingerprint density at radius 1 is 1.32 bits per heavy atom. The van der Waals surface area contributed by atoms with E-state index in [9.17, 15) is 4.79 Å². The molecule has 0 saturated heterocycles. The molecule has 0 atom stereocenters. The first kappa shape index (κ1) is 12.0. The number of nitrogens with zero attached hydrogens (tertiary/aromatic N) is 2. The monoisotopic (exact) mass is 255 g/mol. The number of hydrogen-bond donors (Lipinski definition) is 1. The predicted octanol–water partition coefficient (Wildman–Crippen LogP) is 1.73. The molecule has 1 saturated carbocycles. The zero-order chi connectivity index (χ0) is 13.1. The molecule has 1 aliphatic carbocycles. The van der Waals surface area contributed by atoms with Gasteiger partial charge in [-0.05, 0) is 18.4 Å². The molecule has 1 heterocycles. The van der Waals surface area contributed by atoms with E-state index in [4.69, 9.17) is 0 Å². The number of hydrogen-bond acceptors (Lipinski definition) is 2. The molecular weight excluding hydrogens is 238 g/mol. The zero-order valence-electron chi connectivity index (χ0n) is 10.7. The van der Waals surface area contributed by atoms with Crippen LogP contribution in [0.1, 0.15) is 18.4 Å². The van der Waals surface area contributed by atoms with Gasteiger partial charge in [-0.3, -0.25) is 4.79 Å². The van der Waals surface area contributed by atoms with Gasteiger partial charge in [-0.25, -0.2) is 4.98 Å². The molecule has 1 aliphatic rings. The lowest BCUT2D eigenvalue weighted by atomic mass is 9.96. The molecule has 1 N–H and O–H groups in total. The van der Waals surface area contributed by atoms with Crippen LogP contribution in [0.2, 0.25) is 0 Å². The van der Waals surface area contributed by atoms with Crippen LogP contribution in [0.4, 0.5) is 0 Å². The largest absolute Gasteiger partial charge is 0.354 e. The summed E-state index contributed by atoms with van der Waals surface area (Å²) in [5.74, 6) is 0.0419. The molecule has 1 aromatic carbocycles. The van der Waals surface area contributed by atoms with Crippen molar-refractivity contribution in [3.05, 3.63) is 54.6 Å². The van der Waals surface area contributed by atoms with Crippen LogP contribution in [-0.2, 0) is 16.8 Å². The number of imidazole rings is 1. The lowest BCUT2D eigenvalue weighted by Crippen LogP contribution is -2.34. The fourth-order valence-corrected chi connectivity index (χ4v) is 2.38. The molecule has 4 heteroatoms. The molecular formula is C15H17N3O. The summed E-state index contributed by atoms with van der Waals surface area (Å²) >= 11 is 0. The Morgan fingerprint density at radius 2 is 2.11 bits per heavy atom. The number of amides is 1. The van der Waals surface area contributed by atoms with Crippen LogP contribution in [0.25, 0.3) is 0 Å². The van der Waals surface area contributed by atoms with Crippen molar-refractivity contribution < 1.29 is 4.79 Å². The summed E-state index contributed by atoms with van der Waals surface area (Å²) in [6.45, 7) is 1.06. The Labute approximate surface area is 112 Å².